The molecule has 118 valence electrons. The summed E-state index contributed by atoms with van der Waals surface area (Å²) in [6.07, 6.45) is 0. The Labute approximate surface area is 133 Å². The maximum Gasteiger partial charge on any atom is 0.195 e. The van der Waals surface area contributed by atoms with Gasteiger partial charge in [-0.05, 0) is 26.0 Å². The number of hydrogen-bond acceptors (Lipinski definition) is 3. The molecule has 2 aromatic carbocycles. The molecular formula is C19H25NO2. The van der Waals surface area contributed by atoms with Crippen LogP contribution in [-0.2, 0) is 4.74 Å². The van der Waals surface area contributed by atoms with Gasteiger partial charge in [-0.2, -0.15) is 0 Å². The lowest BCUT2D eigenvalue weighted by atomic mass is 10.0. The summed E-state index contributed by atoms with van der Waals surface area (Å²) in [5, 5.41) is 0. The smallest absolute Gasteiger partial charge is 0.195 e. The number of ether oxygens (including phenoxy) is 1. The van der Waals surface area contributed by atoms with Crippen molar-refractivity contribution in [1.82, 2.24) is 0 Å². The van der Waals surface area contributed by atoms with Gasteiger partial charge in [0.25, 0.3) is 0 Å². The first-order valence-corrected chi connectivity index (χ1v) is 7.55. The van der Waals surface area contributed by atoms with Crippen LogP contribution in [0, 0.1) is 0 Å². The van der Waals surface area contributed by atoms with E-state index in [-0.39, 0.29) is 5.78 Å². The average Bonchev–Trinajstić information content (AvgIpc) is 2.56. The van der Waals surface area contributed by atoms with Gasteiger partial charge < -0.3 is 9.64 Å². The third kappa shape index (κ3) is 5.34. The maximum atomic E-state index is 12.3. The zero-order chi connectivity index (χ0) is 16.4. The number of carbonyl (C=O) groups excluding carboxylic acids is 1. The summed E-state index contributed by atoms with van der Waals surface area (Å²) in [4.78, 5) is 14.3. The van der Waals surface area contributed by atoms with Gasteiger partial charge in [-0.1, -0.05) is 42.5 Å². The Kier molecular flexibility index (Phi) is 7.94. The standard InChI is InChI=1S/C15H15NO.C4H10O/c1-16(2)14-11-7-6-10-13(14)15(17)12-8-4-3-5-9-12;1-3-5-4-2/h3-11H,1-2H3;3-4H2,1-2H3. The predicted octanol–water partition coefficient (Wildman–Crippen LogP) is 4.03. The van der Waals surface area contributed by atoms with Crippen molar-refractivity contribution >= 4 is 11.5 Å². The Morgan fingerprint density at radius 1 is 0.909 bits per heavy atom. The Morgan fingerprint density at radius 3 is 1.95 bits per heavy atom. The zero-order valence-electron chi connectivity index (χ0n) is 13.9. The fraction of sp³-hybridized carbons (Fsp3) is 0.316. The molecule has 3 nitrogen and oxygen atoms in total. The van der Waals surface area contributed by atoms with Crippen LogP contribution in [-0.4, -0.2) is 33.1 Å². The van der Waals surface area contributed by atoms with E-state index in [1.165, 1.54) is 0 Å². The monoisotopic (exact) mass is 299 g/mol. The van der Waals surface area contributed by atoms with E-state index in [9.17, 15) is 4.79 Å². The molecule has 0 fully saturated rings. The van der Waals surface area contributed by atoms with Crippen molar-refractivity contribution in [2.24, 2.45) is 0 Å². The summed E-state index contributed by atoms with van der Waals surface area (Å²) in [5.41, 5.74) is 2.41. The number of ketones is 1. The van der Waals surface area contributed by atoms with Crippen LogP contribution in [0.5, 0.6) is 0 Å². The third-order valence-electron chi connectivity index (χ3n) is 3.07. The molecule has 0 aliphatic heterocycles. The molecule has 0 amide bonds. The van der Waals surface area contributed by atoms with Gasteiger partial charge in [-0.3, -0.25) is 4.79 Å². The number of anilines is 1. The Hall–Kier alpha value is -2.13. The molecule has 0 unspecified atom stereocenters. The van der Waals surface area contributed by atoms with Crippen LogP contribution >= 0.6 is 0 Å². The van der Waals surface area contributed by atoms with E-state index in [4.69, 9.17) is 4.74 Å². The SMILES string of the molecule is CCOCC.CN(C)c1ccccc1C(=O)c1ccccc1. The first kappa shape index (κ1) is 17.9. The van der Waals surface area contributed by atoms with Crippen LogP contribution in [0.25, 0.3) is 0 Å². The summed E-state index contributed by atoms with van der Waals surface area (Å²) in [7, 11) is 3.88. The number of benzene rings is 2. The van der Waals surface area contributed by atoms with Gasteiger partial charge in [0.2, 0.25) is 0 Å². The number of hydrogen-bond donors (Lipinski definition) is 0. The van der Waals surface area contributed by atoms with Gasteiger partial charge in [0, 0.05) is 44.1 Å². The van der Waals surface area contributed by atoms with Crippen molar-refractivity contribution < 1.29 is 9.53 Å². The van der Waals surface area contributed by atoms with Crippen LogP contribution in [0.1, 0.15) is 29.8 Å². The molecule has 0 aromatic heterocycles. The summed E-state index contributed by atoms with van der Waals surface area (Å²) in [6.45, 7) is 5.67. The lowest BCUT2D eigenvalue weighted by molar-refractivity contribution is 0.103. The number of rotatable bonds is 5. The van der Waals surface area contributed by atoms with Gasteiger partial charge in [-0.25, -0.2) is 0 Å². The molecule has 0 radical (unpaired) electrons. The largest absolute Gasteiger partial charge is 0.382 e. The van der Waals surface area contributed by atoms with Crippen LogP contribution in [0.3, 0.4) is 0 Å². The molecule has 0 atom stereocenters. The molecule has 2 rings (SSSR count). The molecule has 0 saturated carbocycles. The maximum absolute atomic E-state index is 12.3. The Morgan fingerprint density at radius 2 is 1.45 bits per heavy atom. The number of nitrogens with zero attached hydrogens (tertiary/aromatic N) is 1. The highest BCUT2D eigenvalue weighted by molar-refractivity contribution is 6.12. The minimum Gasteiger partial charge on any atom is -0.382 e. The van der Waals surface area contributed by atoms with Gasteiger partial charge in [0.05, 0.1) is 0 Å². The van der Waals surface area contributed by atoms with Crippen LogP contribution in [0.15, 0.2) is 54.6 Å². The van der Waals surface area contributed by atoms with Crippen molar-refractivity contribution in [3.63, 3.8) is 0 Å². The molecule has 0 aliphatic carbocycles. The third-order valence-corrected chi connectivity index (χ3v) is 3.07. The highest BCUT2D eigenvalue weighted by atomic mass is 16.5. The van der Waals surface area contributed by atoms with Gasteiger partial charge in [-0.15, -0.1) is 0 Å². The van der Waals surface area contributed by atoms with Crippen LogP contribution < -0.4 is 4.90 Å². The highest BCUT2D eigenvalue weighted by Crippen LogP contribution is 2.21. The van der Waals surface area contributed by atoms with Crippen molar-refractivity contribution in [2.75, 3.05) is 32.2 Å². The van der Waals surface area contributed by atoms with Crippen molar-refractivity contribution in [3.8, 4) is 0 Å². The van der Waals surface area contributed by atoms with Gasteiger partial charge in [0.15, 0.2) is 5.78 Å². The van der Waals surface area contributed by atoms with Gasteiger partial charge >= 0.3 is 0 Å². The lowest BCUT2D eigenvalue weighted by Gasteiger charge is -2.16. The molecule has 0 bridgehead atoms. The van der Waals surface area contributed by atoms with Crippen molar-refractivity contribution in [1.29, 1.82) is 0 Å². The number of carbonyl (C=O) groups is 1. The second-order valence-electron chi connectivity index (χ2n) is 4.89. The summed E-state index contributed by atoms with van der Waals surface area (Å²) in [5.74, 6) is 0.0647. The first-order valence-electron chi connectivity index (χ1n) is 7.55. The lowest BCUT2D eigenvalue weighted by Crippen LogP contribution is -2.14. The van der Waals surface area contributed by atoms with E-state index in [1.54, 1.807) is 0 Å². The number of para-hydroxylation sites is 1. The molecule has 22 heavy (non-hydrogen) atoms. The second-order valence-corrected chi connectivity index (χ2v) is 4.89. The van der Waals surface area contributed by atoms with E-state index >= 15 is 0 Å². The summed E-state index contributed by atoms with van der Waals surface area (Å²) >= 11 is 0. The zero-order valence-corrected chi connectivity index (χ0v) is 13.9. The van der Waals surface area contributed by atoms with Gasteiger partial charge in [0.1, 0.15) is 0 Å². The molecule has 0 spiro atoms. The van der Waals surface area contributed by atoms with Crippen molar-refractivity contribution in [3.05, 3.63) is 65.7 Å². The second kappa shape index (κ2) is 9.74. The normalized spacial score (nSPS) is 9.64. The fourth-order valence-corrected chi connectivity index (χ4v) is 2.00. The fourth-order valence-electron chi connectivity index (χ4n) is 2.00. The molecule has 0 aliphatic rings. The first-order chi connectivity index (χ1) is 10.6. The minimum atomic E-state index is 0.0647. The molecule has 0 saturated heterocycles. The average molecular weight is 299 g/mol. The highest BCUT2D eigenvalue weighted by Gasteiger charge is 2.13. The molecular weight excluding hydrogens is 274 g/mol. The van der Waals surface area contributed by atoms with Crippen molar-refractivity contribution in [2.45, 2.75) is 13.8 Å². The van der Waals surface area contributed by atoms with E-state index in [0.29, 0.717) is 0 Å². The van der Waals surface area contributed by atoms with E-state index in [1.807, 2.05) is 87.4 Å². The summed E-state index contributed by atoms with van der Waals surface area (Å²) < 4.78 is 4.83. The van der Waals surface area contributed by atoms with E-state index in [0.717, 1.165) is 30.0 Å². The van der Waals surface area contributed by atoms with E-state index < -0.39 is 0 Å². The minimum absolute atomic E-state index is 0.0647. The topological polar surface area (TPSA) is 29.5 Å². The Balaban J connectivity index is 0.000000422. The van der Waals surface area contributed by atoms with Crippen LogP contribution in [0.2, 0.25) is 0 Å². The molecule has 3 heteroatoms. The molecule has 0 N–H and O–H groups in total. The Bertz CT molecular complexity index is 563. The van der Waals surface area contributed by atoms with E-state index in [2.05, 4.69) is 0 Å². The summed E-state index contributed by atoms with van der Waals surface area (Å²) in [6, 6.07) is 17.0. The van der Waals surface area contributed by atoms with Crippen LogP contribution in [0.4, 0.5) is 5.69 Å². The molecule has 2 aromatic rings. The quantitative estimate of drug-likeness (QED) is 0.781. The predicted molar refractivity (Wildman–Crippen MR) is 92.8 cm³/mol. The molecule has 0 heterocycles.